The summed E-state index contributed by atoms with van der Waals surface area (Å²) in [4.78, 5) is 13.1. The number of carbonyl (C=O) groups excluding carboxylic acids is 1. The molecule has 1 aliphatic carbocycles. The lowest BCUT2D eigenvalue weighted by molar-refractivity contribution is -0.895. The lowest BCUT2D eigenvalue weighted by Crippen LogP contribution is -3.09. The van der Waals surface area contributed by atoms with E-state index in [2.05, 4.69) is 10.4 Å². The van der Waals surface area contributed by atoms with Crippen LogP contribution in [0.5, 0.6) is 11.5 Å². The Morgan fingerprint density at radius 1 is 1.35 bits per heavy atom. The van der Waals surface area contributed by atoms with E-state index in [-0.39, 0.29) is 10.7 Å². The molecule has 1 unspecified atom stereocenters. The number of rotatable bonds is 8. The molecule has 3 rings (SSSR count). The number of amides is 1. The van der Waals surface area contributed by atoms with E-state index in [1.165, 1.54) is 0 Å². The number of ether oxygens (including phenoxy) is 2. The van der Waals surface area contributed by atoms with Gasteiger partial charge >= 0.3 is 0 Å². The second-order valence-corrected chi connectivity index (χ2v) is 6.76. The maximum atomic E-state index is 11.9. The fraction of sp³-hybridized carbons (Fsp3) is 0.471. The fourth-order valence-corrected chi connectivity index (χ4v) is 2.73. The second kappa shape index (κ2) is 7.88. The van der Waals surface area contributed by atoms with E-state index in [1.807, 2.05) is 7.05 Å². The first-order valence-corrected chi connectivity index (χ1v) is 8.81. The minimum atomic E-state index is 0.0396. The molecule has 1 fully saturated rings. The van der Waals surface area contributed by atoms with Gasteiger partial charge in [-0.15, -0.1) is 5.10 Å². The minimum absolute atomic E-state index is 0.0396. The van der Waals surface area contributed by atoms with Gasteiger partial charge in [0.2, 0.25) is 5.89 Å². The van der Waals surface area contributed by atoms with Gasteiger partial charge in [0.15, 0.2) is 13.2 Å². The second-order valence-electron chi connectivity index (χ2n) is 6.41. The van der Waals surface area contributed by atoms with Crippen LogP contribution in [0.25, 0.3) is 11.5 Å². The number of hydrogen-bond donors (Lipinski definition) is 2. The number of carbonyl (C=O) groups is 1. The summed E-state index contributed by atoms with van der Waals surface area (Å²) in [5.74, 6) is 1.68. The molecule has 8 nitrogen and oxygen atoms in total. The van der Waals surface area contributed by atoms with Crippen molar-refractivity contribution in [3.8, 4) is 23.0 Å². The number of quaternary nitrogens is 1. The Labute approximate surface area is 156 Å². The number of likely N-dealkylation sites (N-methyl/N-ethyl adjacent to an activating group) is 1. The molecule has 0 radical (unpaired) electrons. The Morgan fingerprint density at radius 3 is 2.58 bits per heavy atom. The van der Waals surface area contributed by atoms with Gasteiger partial charge in [-0.1, -0.05) is 0 Å². The predicted molar refractivity (Wildman–Crippen MR) is 96.8 cm³/mol. The molecule has 140 valence electrons. The molecule has 1 saturated carbocycles. The Morgan fingerprint density at radius 2 is 2.00 bits per heavy atom. The van der Waals surface area contributed by atoms with Gasteiger partial charge in [0.25, 0.3) is 10.7 Å². The molecule has 1 atom stereocenters. The van der Waals surface area contributed by atoms with Crippen LogP contribution in [-0.4, -0.2) is 49.5 Å². The van der Waals surface area contributed by atoms with Crippen molar-refractivity contribution < 1.29 is 23.6 Å². The van der Waals surface area contributed by atoms with Crippen molar-refractivity contribution in [1.29, 1.82) is 0 Å². The number of nitrogens with zero attached hydrogens (tertiary/aromatic N) is 2. The number of methoxy groups -OCH3 is 2. The Kier molecular flexibility index (Phi) is 5.58. The van der Waals surface area contributed by atoms with Crippen LogP contribution < -0.4 is 19.7 Å². The van der Waals surface area contributed by atoms with Gasteiger partial charge < -0.3 is 24.1 Å². The van der Waals surface area contributed by atoms with Crippen LogP contribution in [0.3, 0.4) is 0 Å². The normalized spacial score (nSPS) is 14.7. The van der Waals surface area contributed by atoms with Crippen LogP contribution in [0.1, 0.15) is 12.8 Å². The van der Waals surface area contributed by atoms with E-state index in [0.29, 0.717) is 42.2 Å². The molecule has 1 aliphatic rings. The first kappa shape index (κ1) is 18.4. The van der Waals surface area contributed by atoms with Crippen LogP contribution >= 0.6 is 12.2 Å². The van der Waals surface area contributed by atoms with E-state index >= 15 is 0 Å². The third-order valence-electron chi connectivity index (χ3n) is 4.03. The highest BCUT2D eigenvalue weighted by Crippen LogP contribution is 2.28. The minimum Gasteiger partial charge on any atom is -0.497 e. The Balaban J connectivity index is 1.72. The quantitative estimate of drug-likeness (QED) is 0.655. The molecule has 2 N–H and O–H groups in total. The molecule has 26 heavy (non-hydrogen) atoms. The molecule has 0 spiro atoms. The van der Waals surface area contributed by atoms with Gasteiger partial charge in [-0.05, 0) is 37.2 Å². The molecule has 2 aromatic rings. The average Bonchev–Trinajstić information content (AvgIpc) is 3.35. The van der Waals surface area contributed by atoms with Crippen LogP contribution in [-0.2, 0) is 11.5 Å². The molecule has 0 aliphatic heterocycles. The number of aromatic nitrogens is 2. The first-order chi connectivity index (χ1) is 12.5. The van der Waals surface area contributed by atoms with Crippen molar-refractivity contribution >= 4 is 18.1 Å². The number of nitrogens with one attached hydrogen (secondary N) is 2. The Hall–Kier alpha value is -2.39. The zero-order valence-electron chi connectivity index (χ0n) is 15.1. The molecule has 1 aromatic carbocycles. The van der Waals surface area contributed by atoms with Crippen LogP contribution in [0.2, 0.25) is 0 Å². The number of benzene rings is 1. The van der Waals surface area contributed by atoms with Crippen molar-refractivity contribution in [3.63, 3.8) is 0 Å². The SMILES string of the molecule is COc1cc(OC)cc(-c2nn(C[NH+](C)CC(=O)NC3CC3)c(=S)o2)c1. The highest BCUT2D eigenvalue weighted by Gasteiger charge is 2.24. The summed E-state index contributed by atoms with van der Waals surface area (Å²) in [5.41, 5.74) is 0.704. The van der Waals surface area contributed by atoms with Gasteiger partial charge in [-0.25, -0.2) is 0 Å². The van der Waals surface area contributed by atoms with Crippen LogP contribution in [0, 0.1) is 4.84 Å². The van der Waals surface area contributed by atoms with E-state index < -0.39 is 0 Å². The van der Waals surface area contributed by atoms with Crippen LogP contribution in [0.4, 0.5) is 0 Å². The topological polar surface area (TPSA) is 83.0 Å². The molecule has 0 saturated heterocycles. The van der Waals surface area contributed by atoms with Crippen molar-refractivity contribution in [1.82, 2.24) is 15.1 Å². The van der Waals surface area contributed by atoms with E-state index in [1.54, 1.807) is 37.1 Å². The number of hydrogen-bond acceptors (Lipinski definition) is 6. The maximum Gasteiger partial charge on any atom is 0.292 e. The van der Waals surface area contributed by atoms with E-state index in [4.69, 9.17) is 26.1 Å². The van der Waals surface area contributed by atoms with Gasteiger partial charge in [0.05, 0.1) is 21.3 Å². The maximum absolute atomic E-state index is 11.9. The Bertz CT molecular complexity index is 821. The summed E-state index contributed by atoms with van der Waals surface area (Å²) in [6.45, 7) is 0.787. The van der Waals surface area contributed by atoms with Gasteiger partial charge in [0.1, 0.15) is 11.5 Å². The van der Waals surface area contributed by atoms with E-state index in [9.17, 15) is 4.79 Å². The predicted octanol–water partition coefficient (Wildman–Crippen LogP) is 0.641. The standard InChI is InChI=1S/C17H22N4O4S/c1-20(9-15(22)18-12-4-5-12)10-21-17(26)25-16(19-21)11-6-13(23-2)8-14(7-11)24-3/h6-8,12H,4-5,9-10H2,1-3H3,(H,18,22)/p+1. The summed E-state index contributed by atoms with van der Waals surface area (Å²) in [6.07, 6.45) is 2.15. The zero-order valence-corrected chi connectivity index (χ0v) is 15.9. The molecular formula is C17H23N4O4S+. The molecule has 1 heterocycles. The van der Waals surface area contributed by atoms with Gasteiger partial charge in [0, 0.05) is 17.7 Å². The third kappa shape index (κ3) is 4.61. The van der Waals surface area contributed by atoms with Crippen molar-refractivity contribution in [2.24, 2.45) is 0 Å². The lowest BCUT2D eigenvalue weighted by atomic mass is 10.2. The molecular weight excluding hydrogens is 356 g/mol. The zero-order chi connectivity index (χ0) is 18.7. The summed E-state index contributed by atoms with van der Waals surface area (Å²) < 4.78 is 17.7. The van der Waals surface area contributed by atoms with E-state index in [0.717, 1.165) is 17.7 Å². The lowest BCUT2D eigenvalue weighted by Gasteiger charge is -2.12. The summed E-state index contributed by atoms with van der Waals surface area (Å²) in [5, 5.41) is 7.41. The fourth-order valence-electron chi connectivity index (χ4n) is 2.55. The van der Waals surface area contributed by atoms with Crippen molar-refractivity contribution in [2.75, 3.05) is 27.8 Å². The largest absolute Gasteiger partial charge is 0.497 e. The highest BCUT2D eigenvalue weighted by atomic mass is 32.1. The molecule has 9 heteroatoms. The average molecular weight is 379 g/mol. The third-order valence-corrected chi connectivity index (χ3v) is 4.32. The monoisotopic (exact) mass is 379 g/mol. The molecule has 1 aromatic heterocycles. The van der Waals surface area contributed by atoms with Gasteiger partial charge in [-0.3, -0.25) is 4.79 Å². The first-order valence-electron chi connectivity index (χ1n) is 8.40. The van der Waals surface area contributed by atoms with Crippen molar-refractivity contribution in [2.45, 2.75) is 25.6 Å². The summed E-state index contributed by atoms with van der Waals surface area (Å²) in [7, 11) is 5.08. The van der Waals surface area contributed by atoms with Gasteiger partial charge in [-0.2, -0.15) is 4.68 Å². The molecule has 1 amide bonds. The molecule has 0 bridgehead atoms. The highest BCUT2D eigenvalue weighted by molar-refractivity contribution is 7.71. The van der Waals surface area contributed by atoms with Crippen LogP contribution in [0.15, 0.2) is 22.6 Å². The smallest absolute Gasteiger partial charge is 0.292 e. The van der Waals surface area contributed by atoms with Crippen molar-refractivity contribution in [3.05, 3.63) is 23.0 Å². The summed E-state index contributed by atoms with van der Waals surface area (Å²) in [6, 6.07) is 5.73. The summed E-state index contributed by atoms with van der Waals surface area (Å²) >= 11 is 5.26.